The maximum atomic E-state index is 12.9. The Bertz CT molecular complexity index is 918. The van der Waals surface area contributed by atoms with Gasteiger partial charge in [0.2, 0.25) is 5.91 Å². The first-order chi connectivity index (χ1) is 15.0. The molecule has 1 aliphatic rings. The molecule has 0 bridgehead atoms. The lowest BCUT2D eigenvalue weighted by atomic mass is 9.94. The van der Waals surface area contributed by atoms with E-state index >= 15 is 0 Å². The SMILES string of the molecule is CCC(CC)(CC)OC(=O)N1CCC[C@H]1C(=O)NCc1cc(OC)c2ccccc2n1. The Kier molecular flexibility index (Phi) is 7.36. The van der Waals surface area contributed by atoms with Gasteiger partial charge in [0.25, 0.3) is 0 Å². The monoisotopic (exact) mass is 427 g/mol. The normalized spacial score (nSPS) is 16.4. The second-order valence-corrected chi connectivity index (χ2v) is 8.01. The minimum atomic E-state index is -0.516. The average Bonchev–Trinajstić information content (AvgIpc) is 3.31. The first kappa shape index (κ1) is 22.8. The van der Waals surface area contributed by atoms with E-state index in [2.05, 4.69) is 10.3 Å². The third kappa shape index (κ3) is 4.92. The predicted molar refractivity (Wildman–Crippen MR) is 120 cm³/mol. The van der Waals surface area contributed by atoms with E-state index in [4.69, 9.17) is 9.47 Å². The Morgan fingerprint density at radius 3 is 2.58 bits per heavy atom. The number of likely N-dealkylation sites (tertiary alicyclic amines) is 1. The number of pyridine rings is 1. The van der Waals surface area contributed by atoms with Gasteiger partial charge in [-0.2, -0.15) is 0 Å². The maximum absolute atomic E-state index is 12.9. The summed E-state index contributed by atoms with van der Waals surface area (Å²) in [6.07, 6.45) is 3.29. The molecule has 2 heterocycles. The molecule has 3 rings (SSSR count). The average molecular weight is 428 g/mol. The first-order valence-corrected chi connectivity index (χ1v) is 11.2. The van der Waals surface area contributed by atoms with Crippen LogP contribution < -0.4 is 10.1 Å². The van der Waals surface area contributed by atoms with Gasteiger partial charge in [-0.05, 0) is 44.2 Å². The van der Waals surface area contributed by atoms with Crippen LogP contribution in [0.4, 0.5) is 4.79 Å². The van der Waals surface area contributed by atoms with E-state index in [1.807, 2.05) is 51.1 Å². The van der Waals surface area contributed by atoms with E-state index in [1.54, 1.807) is 12.0 Å². The summed E-state index contributed by atoms with van der Waals surface area (Å²) in [6, 6.07) is 9.04. The zero-order valence-electron chi connectivity index (χ0n) is 18.9. The van der Waals surface area contributed by atoms with Gasteiger partial charge in [0.1, 0.15) is 17.4 Å². The second-order valence-electron chi connectivity index (χ2n) is 8.01. The van der Waals surface area contributed by atoms with Gasteiger partial charge in [-0.1, -0.05) is 32.9 Å². The van der Waals surface area contributed by atoms with E-state index in [0.717, 1.165) is 42.3 Å². The largest absolute Gasteiger partial charge is 0.496 e. The highest BCUT2D eigenvalue weighted by Crippen LogP contribution is 2.28. The maximum Gasteiger partial charge on any atom is 0.411 e. The van der Waals surface area contributed by atoms with E-state index in [1.165, 1.54) is 0 Å². The lowest BCUT2D eigenvalue weighted by molar-refractivity contribution is -0.125. The highest BCUT2D eigenvalue weighted by molar-refractivity contribution is 5.87. The number of nitrogens with one attached hydrogen (secondary N) is 1. The summed E-state index contributed by atoms with van der Waals surface area (Å²) >= 11 is 0. The van der Waals surface area contributed by atoms with E-state index in [-0.39, 0.29) is 12.5 Å². The molecule has 1 saturated heterocycles. The molecule has 0 radical (unpaired) electrons. The molecule has 31 heavy (non-hydrogen) atoms. The molecule has 1 fully saturated rings. The number of benzene rings is 1. The van der Waals surface area contributed by atoms with Crippen molar-refractivity contribution in [1.82, 2.24) is 15.2 Å². The Morgan fingerprint density at radius 2 is 1.90 bits per heavy atom. The molecule has 0 unspecified atom stereocenters. The lowest BCUT2D eigenvalue weighted by Crippen LogP contribution is -2.48. The Morgan fingerprint density at radius 1 is 1.19 bits per heavy atom. The number of aromatic nitrogens is 1. The van der Waals surface area contributed by atoms with Crippen molar-refractivity contribution < 1.29 is 19.1 Å². The van der Waals surface area contributed by atoms with Gasteiger partial charge < -0.3 is 14.8 Å². The highest BCUT2D eigenvalue weighted by Gasteiger charge is 2.38. The number of para-hydroxylation sites is 1. The number of fused-ring (bicyclic) bond motifs is 1. The summed E-state index contributed by atoms with van der Waals surface area (Å²) in [5.41, 5.74) is 1.05. The molecule has 2 aromatic rings. The topological polar surface area (TPSA) is 80.8 Å². The van der Waals surface area contributed by atoms with Crippen LogP contribution in [0.3, 0.4) is 0 Å². The smallest absolute Gasteiger partial charge is 0.411 e. The summed E-state index contributed by atoms with van der Waals surface area (Å²) in [7, 11) is 1.62. The van der Waals surface area contributed by atoms with Gasteiger partial charge in [0, 0.05) is 18.0 Å². The summed E-state index contributed by atoms with van der Waals surface area (Å²) < 4.78 is 11.3. The lowest BCUT2D eigenvalue weighted by Gasteiger charge is -2.33. The molecule has 2 amide bonds. The molecule has 168 valence electrons. The molecule has 1 aliphatic heterocycles. The van der Waals surface area contributed by atoms with Gasteiger partial charge in [-0.15, -0.1) is 0 Å². The van der Waals surface area contributed by atoms with Crippen LogP contribution in [-0.2, 0) is 16.1 Å². The third-order valence-corrected chi connectivity index (χ3v) is 6.42. The second kappa shape index (κ2) is 9.98. The van der Waals surface area contributed by atoms with E-state index < -0.39 is 17.7 Å². The van der Waals surface area contributed by atoms with Crippen LogP contribution >= 0.6 is 0 Å². The zero-order valence-corrected chi connectivity index (χ0v) is 18.9. The van der Waals surface area contributed by atoms with Crippen molar-refractivity contribution in [3.05, 3.63) is 36.0 Å². The van der Waals surface area contributed by atoms with Crippen molar-refractivity contribution in [3.63, 3.8) is 0 Å². The molecule has 7 nitrogen and oxygen atoms in total. The van der Waals surface area contributed by atoms with Crippen LogP contribution in [0.2, 0.25) is 0 Å². The highest BCUT2D eigenvalue weighted by atomic mass is 16.6. The fourth-order valence-electron chi connectivity index (χ4n) is 4.22. The van der Waals surface area contributed by atoms with Gasteiger partial charge in [0.15, 0.2) is 0 Å². The first-order valence-electron chi connectivity index (χ1n) is 11.2. The number of ether oxygens (including phenoxy) is 2. The summed E-state index contributed by atoms with van der Waals surface area (Å²) in [5, 5.41) is 3.87. The number of carbonyl (C=O) groups excluding carboxylic acids is 2. The van der Waals surface area contributed by atoms with Crippen LogP contribution in [0.25, 0.3) is 10.9 Å². The Balaban J connectivity index is 1.67. The molecule has 0 aliphatic carbocycles. The minimum absolute atomic E-state index is 0.182. The third-order valence-electron chi connectivity index (χ3n) is 6.42. The number of rotatable bonds is 8. The molecule has 1 N–H and O–H groups in total. The van der Waals surface area contributed by atoms with Crippen molar-refractivity contribution in [2.24, 2.45) is 0 Å². The molecule has 1 aromatic carbocycles. The summed E-state index contributed by atoms with van der Waals surface area (Å²) in [4.78, 5) is 31.9. The van der Waals surface area contributed by atoms with Crippen LogP contribution in [0.5, 0.6) is 5.75 Å². The van der Waals surface area contributed by atoms with Crippen molar-refractivity contribution >= 4 is 22.9 Å². The van der Waals surface area contributed by atoms with Gasteiger partial charge >= 0.3 is 6.09 Å². The van der Waals surface area contributed by atoms with E-state index in [9.17, 15) is 9.59 Å². The van der Waals surface area contributed by atoms with Gasteiger partial charge in [-0.25, -0.2) is 4.79 Å². The molecule has 0 saturated carbocycles. The van der Waals surface area contributed by atoms with Crippen molar-refractivity contribution in [3.8, 4) is 5.75 Å². The summed E-state index contributed by atoms with van der Waals surface area (Å²) in [5.74, 6) is 0.537. The molecule has 7 heteroatoms. The van der Waals surface area contributed by atoms with Crippen molar-refractivity contribution in [2.45, 2.75) is 71.1 Å². The number of hydrogen-bond donors (Lipinski definition) is 1. The van der Waals surface area contributed by atoms with E-state index in [0.29, 0.717) is 18.7 Å². The van der Waals surface area contributed by atoms with Gasteiger partial charge in [-0.3, -0.25) is 14.7 Å². The quantitative estimate of drug-likeness (QED) is 0.674. The number of carbonyl (C=O) groups is 2. The van der Waals surface area contributed by atoms with Crippen molar-refractivity contribution in [1.29, 1.82) is 0 Å². The number of amides is 2. The summed E-state index contributed by atoms with van der Waals surface area (Å²) in [6.45, 7) is 6.88. The van der Waals surface area contributed by atoms with Crippen molar-refractivity contribution in [2.75, 3.05) is 13.7 Å². The Labute approximate surface area is 184 Å². The Hall–Kier alpha value is -2.83. The molecular weight excluding hydrogens is 394 g/mol. The van der Waals surface area contributed by atoms with Crippen LogP contribution in [0.1, 0.15) is 58.6 Å². The molecular formula is C24H33N3O4. The number of methoxy groups -OCH3 is 1. The number of hydrogen-bond acceptors (Lipinski definition) is 5. The predicted octanol–water partition coefficient (Wildman–Crippen LogP) is 4.43. The number of nitrogens with zero attached hydrogens (tertiary/aromatic N) is 2. The minimum Gasteiger partial charge on any atom is -0.496 e. The standard InChI is InChI=1S/C24H33N3O4/c1-5-24(6-2,7-3)31-23(29)27-14-10-13-20(27)22(28)25-16-17-15-21(30-4)18-11-8-9-12-19(18)26-17/h8-9,11-12,15,20H,5-7,10,13-14,16H2,1-4H3,(H,25,28)/t20-/m0/s1. The fourth-order valence-corrected chi connectivity index (χ4v) is 4.22. The molecule has 0 spiro atoms. The van der Waals surface area contributed by atoms with Crippen LogP contribution in [0.15, 0.2) is 30.3 Å². The fraction of sp³-hybridized carbons (Fsp3) is 0.542. The molecule has 1 aromatic heterocycles. The van der Waals surface area contributed by atoms with Crippen LogP contribution in [-0.4, -0.2) is 47.2 Å². The van der Waals surface area contributed by atoms with Gasteiger partial charge in [0.05, 0.1) is 24.9 Å². The van der Waals surface area contributed by atoms with Crippen LogP contribution in [0, 0.1) is 0 Å². The zero-order chi connectivity index (χ0) is 22.4. The molecule has 1 atom stereocenters.